The van der Waals surface area contributed by atoms with Crippen molar-refractivity contribution in [2.24, 2.45) is 0 Å². The van der Waals surface area contributed by atoms with Gasteiger partial charge in [0.25, 0.3) is 0 Å². The molecular weight excluding hydrogens is 524 g/mol. The summed E-state index contributed by atoms with van der Waals surface area (Å²) in [6.45, 7) is 8.84. The SMILES string of the molecule is CC(C)(C)N(C(=O)O)C1(c2ccc(Nc3nc(Nc4ccc(N5CCOCC5)cc4)ccc3[N+](=O)[O-])cc2)CCC1. The fourth-order valence-corrected chi connectivity index (χ4v) is 5.75. The molecule has 1 aromatic heterocycles. The second-order valence-electron chi connectivity index (χ2n) is 11.5. The van der Waals surface area contributed by atoms with E-state index in [1.165, 1.54) is 6.07 Å². The van der Waals surface area contributed by atoms with E-state index in [1.54, 1.807) is 11.0 Å². The highest BCUT2D eigenvalue weighted by atomic mass is 16.6. The van der Waals surface area contributed by atoms with Gasteiger partial charge in [-0.3, -0.25) is 15.0 Å². The highest BCUT2D eigenvalue weighted by Gasteiger charge is 2.50. The van der Waals surface area contributed by atoms with Gasteiger partial charge in [-0.05, 0) is 88.1 Å². The number of hydrogen-bond donors (Lipinski definition) is 3. The Hall–Kier alpha value is -4.38. The Bertz CT molecular complexity index is 1390. The molecule has 11 nitrogen and oxygen atoms in total. The molecule has 41 heavy (non-hydrogen) atoms. The number of hydrogen-bond acceptors (Lipinski definition) is 8. The highest BCUT2D eigenvalue weighted by molar-refractivity contribution is 5.71. The summed E-state index contributed by atoms with van der Waals surface area (Å²) in [4.78, 5) is 31.9. The smallest absolute Gasteiger partial charge is 0.408 e. The average molecular weight is 561 g/mol. The van der Waals surface area contributed by atoms with Crippen molar-refractivity contribution < 1.29 is 19.6 Å². The van der Waals surface area contributed by atoms with Crippen molar-refractivity contribution in [3.63, 3.8) is 0 Å². The summed E-state index contributed by atoms with van der Waals surface area (Å²) in [6, 6.07) is 18.4. The van der Waals surface area contributed by atoms with Gasteiger partial charge >= 0.3 is 11.8 Å². The van der Waals surface area contributed by atoms with E-state index in [1.807, 2.05) is 69.3 Å². The number of nitrogens with one attached hydrogen (secondary N) is 2. The number of ether oxygens (including phenoxy) is 1. The van der Waals surface area contributed by atoms with Crippen LogP contribution in [0.15, 0.2) is 60.7 Å². The Morgan fingerprint density at radius 3 is 2.15 bits per heavy atom. The molecule has 2 heterocycles. The van der Waals surface area contributed by atoms with Crippen LogP contribution in [-0.4, -0.2) is 57.8 Å². The van der Waals surface area contributed by atoms with E-state index in [-0.39, 0.29) is 11.5 Å². The monoisotopic (exact) mass is 560 g/mol. The Morgan fingerprint density at radius 2 is 1.61 bits per heavy atom. The van der Waals surface area contributed by atoms with Crippen molar-refractivity contribution >= 4 is 40.5 Å². The Kier molecular flexibility index (Phi) is 7.72. The van der Waals surface area contributed by atoms with Gasteiger partial charge in [-0.1, -0.05) is 12.1 Å². The van der Waals surface area contributed by atoms with Crippen LogP contribution in [0.2, 0.25) is 0 Å². The van der Waals surface area contributed by atoms with Gasteiger partial charge in [-0.15, -0.1) is 0 Å². The summed E-state index contributed by atoms with van der Waals surface area (Å²) in [5, 5.41) is 28.1. The van der Waals surface area contributed by atoms with Crippen LogP contribution in [0.4, 0.5) is 39.2 Å². The van der Waals surface area contributed by atoms with Crippen molar-refractivity contribution in [3.05, 3.63) is 76.3 Å². The predicted octanol–water partition coefficient (Wildman–Crippen LogP) is 6.47. The number of rotatable bonds is 8. The lowest BCUT2D eigenvalue weighted by Gasteiger charge is -2.54. The van der Waals surface area contributed by atoms with Crippen LogP contribution >= 0.6 is 0 Å². The third kappa shape index (κ3) is 5.90. The van der Waals surface area contributed by atoms with Crippen molar-refractivity contribution in [2.45, 2.75) is 51.1 Å². The van der Waals surface area contributed by atoms with Gasteiger partial charge in [0.05, 0.1) is 23.7 Å². The maximum absolute atomic E-state index is 12.2. The predicted molar refractivity (Wildman–Crippen MR) is 159 cm³/mol. The number of amides is 1. The zero-order valence-corrected chi connectivity index (χ0v) is 23.6. The second-order valence-corrected chi connectivity index (χ2v) is 11.5. The zero-order valence-electron chi connectivity index (χ0n) is 23.6. The topological polar surface area (TPSA) is 133 Å². The fraction of sp³-hybridized carbons (Fsp3) is 0.400. The number of carboxylic acid groups (broad SMARTS) is 1. The molecule has 2 fully saturated rings. The van der Waals surface area contributed by atoms with Gasteiger partial charge in [0, 0.05) is 41.8 Å². The van der Waals surface area contributed by atoms with Crippen LogP contribution in [0.5, 0.6) is 0 Å². The van der Waals surface area contributed by atoms with Crippen molar-refractivity contribution in [1.82, 2.24) is 9.88 Å². The molecule has 5 rings (SSSR count). The molecule has 216 valence electrons. The third-order valence-electron chi connectivity index (χ3n) is 7.74. The van der Waals surface area contributed by atoms with E-state index in [0.29, 0.717) is 24.7 Å². The highest BCUT2D eigenvalue weighted by Crippen LogP contribution is 2.49. The minimum Gasteiger partial charge on any atom is -0.465 e. The molecule has 1 saturated heterocycles. The maximum atomic E-state index is 12.2. The lowest BCUT2D eigenvalue weighted by molar-refractivity contribution is -0.384. The second kappa shape index (κ2) is 11.2. The number of nitro groups is 1. The maximum Gasteiger partial charge on any atom is 0.408 e. The minimum atomic E-state index is -0.945. The van der Waals surface area contributed by atoms with Gasteiger partial charge in [0.2, 0.25) is 5.82 Å². The molecule has 0 radical (unpaired) electrons. The van der Waals surface area contributed by atoms with Crippen molar-refractivity contribution in [2.75, 3.05) is 41.8 Å². The van der Waals surface area contributed by atoms with E-state index in [2.05, 4.69) is 20.5 Å². The molecule has 2 aliphatic rings. The summed E-state index contributed by atoms with van der Waals surface area (Å²) < 4.78 is 5.42. The molecule has 1 aliphatic heterocycles. The first-order valence-electron chi connectivity index (χ1n) is 13.8. The van der Waals surface area contributed by atoms with Crippen LogP contribution in [0.1, 0.15) is 45.6 Å². The lowest BCUT2D eigenvalue weighted by Crippen LogP contribution is -2.60. The number of aromatic nitrogens is 1. The number of carbonyl (C=O) groups is 1. The molecule has 3 aromatic rings. The molecule has 0 unspecified atom stereocenters. The Balaban J connectivity index is 1.34. The molecule has 1 amide bonds. The van der Waals surface area contributed by atoms with Crippen molar-refractivity contribution in [3.8, 4) is 0 Å². The minimum absolute atomic E-state index is 0.109. The van der Waals surface area contributed by atoms with Gasteiger partial charge in [0.1, 0.15) is 5.82 Å². The molecule has 0 spiro atoms. The third-order valence-corrected chi connectivity index (χ3v) is 7.74. The van der Waals surface area contributed by atoms with E-state index in [9.17, 15) is 20.0 Å². The van der Waals surface area contributed by atoms with E-state index >= 15 is 0 Å². The van der Waals surface area contributed by atoms with Crippen LogP contribution in [0.3, 0.4) is 0 Å². The van der Waals surface area contributed by atoms with Crippen LogP contribution in [0, 0.1) is 10.1 Å². The zero-order chi connectivity index (χ0) is 29.2. The average Bonchev–Trinajstić information content (AvgIpc) is 2.91. The Labute approximate surface area is 239 Å². The molecule has 2 aromatic carbocycles. The van der Waals surface area contributed by atoms with E-state index in [4.69, 9.17) is 4.74 Å². The van der Waals surface area contributed by atoms with Crippen LogP contribution < -0.4 is 15.5 Å². The van der Waals surface area contributed by atoms with Gasteiger partial charge in [-0.25, -0.2) is 9.78 Å². The summed E-state index contributed by atoms with van der Waals surface area (Å²) in [7, 11) is 0. The van der Waals surface area contributed by atoms with E-state index in [0.717, 1.165) is 49.3 Å². The summed E-state index contributed by atoms with van der Waals surface area (Å²) in [5.41, 5.74) is 2.14. The lowest BCUT2D eigenvalue weighted by atomic mass is 9.69. The quantitative estimate of drug-likeness (QED) is 0.209. The van der Waals surface area contributed by atoms with Gasteiger partial charge in [-0.2, -0.15) is 0 Å². The number of nitrogens with zero attached hydrogens (tertiary/aromatic N) is 4. The largest absolute Gasteiger partial charge is 0.465 e. The van der Waals surface area contributed by atoms with Crippen LogP contribution in [0.25, 0.3) is 0 Å². The molecule has 3 N–H and O–H groups in total. The van der Waals surface area contributed by atoms with Gasteiger partial charge < -0.3 is 25.4 Å². The number of anilines is 5. The number of benzene rings is 2. The Morgan fingerprint density at radius 1 is 1.00 bits per heavy atom. The van der Waals surface area contributed by atoms with E-state index < -0.39 is 22.1 Å². The normalized spacial score (nSPS) is 16.4. The van der Waals surface area contributed by atoms with Gasteiger partial charge in [0.15, 0.2) is 0 Å². The molecular formula is C30H36N6O5. The molecule has 1 aliphatic carbocycles. The number of morpholine rings is 1. The summed E-state index contributed by atoms with van der Waals surface area (Å²) in [5.74, 6) is 0.572. The molecule has 0 bridgehead atoms. The molecule has 1 saturated carbocycles. The van der Waals surface area contributed by atoms with Crippen LogP contribution in [-0.2, 0) is 10.3 Å². The van der Waals surface area contributed by atoms with Crippen molar-refractivity contribution in [1.29, 1.82) is 0 Å². The molecule has 0 atom stereocenters. The summed E-state index contributed by atoms with van der Waals surface area (Å²) >= 11 is 0. The summed E-state index contributed by atoms with van der Waals surface area (Å²) in [6.07, 6.45) is 1.50. The first-order chi connectivity index (χ1) is 19.6. The first-order valence-corrected chi connectivity index (χ1v) is 13.8. The fourth-order valence-electron chi connectivity index (χ4n) is 5.75. The number of pyridine rings is 1. The first kappa shape index (κ1) is 28.2. The standard InChI is InChI=1S/C30H36N6O5/c1-29(2,3)35(28(37)38)30(15-4-16-30)21-5-7-23(8-6-21)32-27-25(36(39)40)13-14-26(33-27)31-22-9-11-24(12-10-22)34-17-19-41-20-18-34/h5-14H,4,15-20H2,1-3H3,(H,37,38)(H2,31,32,33). The molecule has 11 heteroatoms.